The van der Waals surface area contributed by atoms with Gasteiger partial charge in [-0.2, -0.15) is 0 Å². The lowest BCUT2D eigenvalue weighted by Gasteiger charge is -2.10. The first-order chi connectivity index (χ1) is 11.5. The Morgan fingerprint density at radius 3 is 2.79 bits per heavy atom. The Labute approximate surface area is 144 Å². The molecule has 24 heavy (non-hydrogen) atoms. The molecule has 0 fully saturated rings. The Bertz CT molecular complexity index is 918. The number of alkyl halides is 1. The maximum atomic E-state index is 11.6. The van der Waals surface area contributed by atoms with Crippen molar-refractivity contribution in [1.82, 2.24) is 4.98 Å². The molecular formula is C18H17ClN2O3. The molecule has 0 aliphatic heterocycles. The molecule has 0 aliphatic carbocycles. The lowest BCUT2D eigenvalue weighted by molar-refractivity contribution is -0.113. The number of oxazole rings is 1. The van der Waals surface area contributed by atoms with Gasteiger partial charge in [-0.1, -0.05) is 6.07 Å². The molecule has 0 saturated heterocycles. The van der Waals surface area contributed by atoms with Crippen LogP contribution in [0.1, 0.15) is 11.1 Å². The number of carbonyl (C=O) groups excluding carboxylic acids is 1. The van der Waals surface area contributed by atoms with E-state index in [0.29, 0.717) is 17.3 Å². The zero-order valence-corrected chi connectivity index (χ0v) is 14.4. The van der Waals surface area contributed by atoms with Crippen molar-refractivity contribution in [1.29, 1.82) is 0 Å². The van der Waals surface area contributed by atoms with Crippen LogP contribution in [0.2, 0.25) is 0 Å². The molecule has 0 spiro atoms. The van der Waals surface area contributed by atoms with Crippen LogP contribution in [-0.2, 0) is 4.79 Å². The van der Waals surface area contributed by atoms with Crippen molar-refractivity contribution in [3.8, 4) is 17.2 Å². The number of rotatable bonds is 4. The van der Waals surface area contributed by atoms with E-state index in [-0.39, 0.29) is 11.8 Å². The molecule has 6 heteroatoms. The normalized spacial score (nSPS) is 10.8. The van der Waals surface area contributed by atoms with Gasteiger partial charge in [0.25, 0.3) is 0 Å². The second-order valence-electron chi connectivity index (χ2n) is 5.55. The summed E-state index contributed by atoms with van der Waals surface area (Å²) < 4.78 is 11.2. The number of nitrogens with one attached hydrogen (secondary N) is 1. The van der Waals surface area contributed by atoms with Gasteiger partial charge >= 0.3 is 0 Å². The molecule has 0 atom stereocenters. The second kappa shape index (κ2) is 6.53. The summed E-state index contributed by atoms with van der Waals surface area (Å²) in [7, 11) is 1.54. The number of amides is 1. The van der Waals surface area contributed by atoms with E-state index in [1.54, 1.807) is 12.1 Å². The average Bonchev–Trinajstić information content (AvgIpc) is 2.99. The number of carbonyl (C=O) groups is 1. The number of anilines is 1. The van der Waals surface area contributed by atoms with Gasteiger partial charge in [-0.25, -0.2) is 4.98 Å². The van der Waals surface area contributed by atoms with Gasteiger partial charge in [-0.05, 0) is 49.2 Å². The Morgan fingerprint density at radius 2 is 2.08 bits per heavy atom. The Morgan fingerprint density at radius 1 is 1.29 bits per heavy atom. The molecule has 3 rings (SSSR count). The topological polar surface area (TPSA) is 64.4 Å². The van der Waals surface area contributed by atoms with Crippen molar-refractivity contribution in [2.75, 3.05) is 18.3 Å². The van der Waals surface area contributed by atoms with E-state index in [1.807, 2.05) is 26.0 Å². The standard InChI is InChI=1S/C18H17ClN2O3/c1-10-6-11(2)17-14(7-10)21-18(24-17)12-4-5-15(23-3)13(8-12)20-16(22)9-19/h4-8H,9H2,1-3H3,(H,20,22). The molecule has 0 aliphatic rings. The van der Waals surface area contributed by atoms with Crippen molar-refractivity contribution in [2.45, 2.75) is 13.8 Å². The van der Waals surface area contributed by atoms with Crippen molar-refractivity contribution in [2.24, 2.45) is 0 Å². The van der Waals surface area contributed by atoms with Gasteiger partial charge < -0.3 is 14.5 Å². The molecule has 0 radical (unpaired) electrons. The smallest absolute Gasteiger partial charge is 0.239 e. The van der Waals surface area contributed by atoms with Crippen molar-refractivity contribution < 1.29 is 13.9 Å². The van der Waals surface area contributed by atoms with Crippen LogP contribution in [0.4, 0.5) is 5.69 Å². The quantitative estimate of drug-likeness (QED) is 0.717. The molecule has 1 heterocycles. The third kappa shape index (κ3) is 3.08. The largest absolute Gasteiger partial charge is 0.495 e. The van der Waals surface area contributed by atoms with E-state index >= 15 is 0 Å². The highest BCUT2D eigenvalue weighted by Gasteiger charge is 2.14. The lowest BCUT2D eigenvalue weighted by atomic mass is 10.1. The van der Waals surface area contributed by atoms with Gasteiger partial charge in [-0.3, -0.25) is 4.79 Å². The maximum Gasteiger partial charge on any atom is 0.239 e. The number of hydrogen-bond donors (Lipinski definition) is 1. The van der Waals surface area contributed by atoms with Gasteiger partial charge in [0.05, 0.1) is 12.8 Å². The van der Waals surface area contributed by atoms with Crippen LogP contribution >= 0.6 is 11.6 Å². The minimum atomic E-state index is -0.309. The monoisotopic (exact) mass is 344 g/mol. The third-order valence-corrected chi connectivity index (χ3v) is 3.90. The predicted octanol–water partition coefficient (Wildman–Crippen LogP) is 4.30. The zero-order valence-electron chi connectivity index (χ0n) is 13.6. The number of fused-ring (bicyclic) bond motifs is 1. The molecule has 1 amide bonds. The molecule has 2 aromatic carbocycles. The van der Waals surface area contributed by atoms with E-state index in [2.05, 4.69) is 16.4 Å². The van der Waals surface area contributed by atoms with E-state index < -0.39 is 0 Å². The minimum Gasteiger partial charge on any atom is -0.495 e. The fourth-order valence-corrected chi connectivity index (χ4v) is 2.69. The summed E-state index contributed by atoms with van der Waals surface area (Å²) in [5.74, 6) is 0.591. The molecule has 3 aromatic rings. The summed E-state index contributed by atoms with van der Waals surface area (Å²) in [5, 5.41) is 2.71. The number of hydrogen-bond acceptors (Lipinski definition) is 4. The molecule has 1 N–H and O–H groups in total. The molecule has 0 bridgehead atoms. The van der Waals surface area contributed by atoms with Crippen LogP contribution in [0.3, 0.4) is 0 Å². The molecule has 1 aromatic heterocycles. The number of ether oxygens (including phenoxy) is 1. The summed E-state index contributed by atoms with van der Waals surface area (Å²) in [6, 6.07) is 9.39. The summed E-state index contributed by atoms with van der Waals surface area (Å²) in [5.41, 5.74) is 5.00. The highest BCUT2D eigenvalue weighted by molar-refractivity contribution is 6.29. The van der Waals surface area contributed by atoms with Gasteiger partial charge in [0.2, 0.25) is 11.8 Å². The summed E-state index contributed by atoms with van der Waals surface area (Å²) in [6.07, 6.45) is 0. The number of benzene rings is 2. The maximum absolute atomic E-state index is 11.6. The van der Waals surface area contributed by atoms with Crippen LogP contribution in [0.5, 0.6) is 5.75 Å². The van der Waals surface area contributed by atoms with Gasteiger partial charge in [-0.15, -0.1) is 11.6 Å². The van der Waals surface area contributed by atoms with Gasteiger partial charge in [0, 0.05) is 5.56 Å². The SMILES string of the molecule is COc1ccc(-c2nc3cc(C)cc(C)c3o2)cc1NC(=O)CCl. The van der Waals surface area contributed by atoms with Crippen molar-refractivity contribution in [3.05, 3.63) is 41.5 Å². The fraction of sp³-hybridized carbons (Fsp3) is 0.222. The number of aromatic nitrogens is 1. The molecule has 0 saturated carbocycles. The molecule has 5 nitrogen and oxygen atoms in total. The summed E-state index contributed by atoms with van der Waals surface area (Å²) >= 11 is 5.56. The van der Waals surface area contributed by atoms with Crippen LogP contribution in [0, 0.1) is 13.8 Å². The molecule has 124 valence electrons. The fourth-order valence-electron chi connectivity index (χ4n) is 2.62. The molecule has 0 unspecified atom stereocenters. The number of methoxy groups -OCH3 is 1. The van der Waals surface area contributed by atoms with Crippen LogP contribution in [0.15, 0.2) is 34.7 Å². The van der Waals surface area contributed by atoms with Crippen LogP contribution in [0.25, 0.3) is 22.6 Å². The van der Waals surface area contributed by atoms with E-state index in [4.69, 9.17) is 20.8 Å². The van der Waals surface area contributed by atoms with Crippen LogP contribution in [-0.4, -0.2) is 23.9 Å². The second-order valence-corrected chi connectivity index (χ2v) is 5.81. The summed E-state index contributed by atoms with van der Waals surface area (Å²) in [6.45, 7) is 4.01. The third-order valence-electron chi connectivity index (χ3n) is 3.66. The minimum absolute atomic E-state index is 0.130. The number of aryl methyl sites for hydroxylation is 2. The first-order valence-corrected chi connectivity index (χ1v) is 7.97. The molecular weight excluding hydrogens is 328 g/mol. The number of halogens is 1. The van der Waals surface area contributed by atoms with Crippen LogP contribution < -0.4 is 10.1 Å². The van der Waals surface area contributed by atoms with Crippen molar-refractivity contribution >= 4 is 34.3 Å². The first kappa shape index (κ1) is 16.3. The average molecular weight is 345 g/mol. The lowest BCUT2D eigenvalue weighted by Crippen LogP contribution is -2.13. The zero-order chi connectivity index (χ0) is 17.3. The Kier molecular flexibility index (Phi) is 4.44. The van der Waals surface area contributed by atoms with E-state index in [0.717, 1.165) is 27.8 Å². The Hall–Kier alpha value is -2.53. The van der Waals surface area contributed by atoms with E-state index in [1.165, 1.54) is 7.11 Å². The summed E-state index contributed by atoms with van der Waals surface area (Å²) in [4.78, 5) is 16.1. The highest BCUT2D eigenvalue weighted by Crippen LogP contribution is 2.32. The van der Waals surface area contributed by atoms with E-state index in [9.17, 15) is 4.79 Å². The van der Waals surface area contributed by atoms with Gasteiger partial charge in [0.15, 0.2) is 5.58 Å². The van der Waals surface area contributed by atoms with Gasteiger partial charge in [0.1, 0.15) is 17.1 Å². The first-order valence-electron chi connectivity index (χ1n) is 7.44. The Balaban J connectivity index is 2.07. The van der Waals surface area contributed by atoms with Crippen molar-refractivity contribution in [3.63, 3.8) is 0 Å². The highest BCUT2D eigenvalue weighted by atomic mass is 35.5. The predicted molar refractivity (Wildman–Crippen MR) is 94.8 cm³/mol. The number of nitrogens with zero attached hydrogens (tertiary/aromatic N) is 1.